The molecule has 82 heavy (non-hydrogen) atoms. The molecular formula is C50H70N2O30. The van der Waals surface area contributed by atoms with Gasteiger partial charge < -0.3 is 91.2 Å². The number of nitrogens with one attached hydrogen (secondary N) is 2. The predicted octanol–water partition coefficient (Wildman–Crippen LogP) is -0.728. The van der Waals surface area contributed by atoms with E-state index in [1.807, 2.05) is 0 Å². The Kier molecular flexibility index (Phi) is 26.5. The number of alkyl carbamates (subject to hydrolysis) is 1. The maximum absolute atomic E-state index is 14.0. The van der Waals surface area contributed by atoms with E-state index >= 15 is 0 Å². The molecule has 0 aliphatic carbocycles. The maximum atomic E-state index is 14.0. The van der Waals surface area contributed by atoms with Crippen molar-refractivity contribution in [1.29, 1.82) is 0 Å². The van der Waals surface area contributed by atoms with Crippen LogP contribution in [0.25, 0.3) is 0 Å². The van der Waals surface area contributed by atoms with Gasteiger partial charge in [-0.1, -0.05) is 12.7 Å². The van der Waals surface area contributed by atoms with Crippen LogP contribution in [-0.2, 0) is 138 Å². The Bertz CT molecular complexity index is 2350. The lowest BCUT2D eigenvalue weighted by Gasteiger charge is -2.47. The highest BCUT2D eigenvalue weighted by Gasteiger charge is 2.57. The Balaban J connectivity index is 2.20. The molecule has 0 aromatic heterocycles. The van der Waals surface area contributed by atoms with Gasteiger partial charge in [-0.3, -0.25) is 52.7 Å². The van der Waals surface area contributed by atoms with E-state index in [0.717, 1.165) is 69.2 Å². The molecule has 3 fully saturated rings. The minimum Gasteiger partial charge on any atom is -0.463 e. The summed E-state index contributed by atoms with van der Waals surface area (Å²) in [6, 6.07) is -1.74. The first kappa shape index (κ1) is 68.7. The zero-order valence-electron chi connectivity index (χ0n) is 47.3. The van der Waals surface area contributed by atoms with E-state index in [2.05, 4.69) is 17.2 Å². The molecule has 0 unspecified atom stereocenters. The van der Waals surface area contributed by atoms with Crippen molar-refractivity contribution < 1.29 is 143 Å². The van der Waals surface area contributed by atoms with Crippen LogP contribution in [0.5, 0.6) is 0 Å². The molecule has 460 valence electrons. The highest BCUT2D eigenvalue weighted by molar-refractivity contribution is 5.88. The van der Waals surface area contributed by atoms with Gasteiger partial charge in [-0.2, -0.15) is 0 Å². The fraction of sp³-hybridized carbons (Fsp3) is 0.700. The maximum Gasteiger partial charge on any atom is 0.408 e. The van der Waals surface area contributed by atoms with Crippen LogP contribution in [-0.4, -0.2) is 208 Å². The van der Waals surface area contributed by atoms with Crippen LogP contribution in [0.15, 0.2) is 12.7 Å². The number of rotatable bonds is 24. The third kappa shape index (κ3) is 22.4. The van der Waals surface area contributed by atoms with Gasteiger partial charge in [0.05, 0.1) is 19.6 Å². The number of carbonyl (C=O) groups excluding carboxylic acids is 13. The second-order valence-corrected chi connectivity index (χ2v) is 19.2. The van der Waals surface area contributed by atoms with Crippen molar-refractivity contribution in [2.75, 3.05) is 26.4 Å². The molecule has 2 amide bonds. The van der Waals surface area contributed by atoms with Gasteiger partial charge in [-0.15, -0.1) is 0 Å². The van der Waals surface area contributed by atoms with Gasteiger partial charge in [-0.05, 0) is 20.8 Å². The minimum atomic E-state index is -2.02. The number of hydrogen-bond donors (Lipinski definition) is 2. The zero-order valence-corrected chi connectivity index (χ0v) is 47.3. The number of hydrogen-bond acceptors (Lipinski definition) is 30. The Hall–Kier alpha value is -7.55. The molecule has 0 aromatic rings. The smallest absolute Gasteiger partial charge is 0.408 e. The average Bonchev–Trinajstić information content (AvgIpc) is 3.35. The van der Waals surface area contributed by atoms with E-state index in [1.54, 1.807) is 0 Å². The predicted molar refractivity (Wildman–Crippen MR) is 262 cm³/mol. The second kappa shape index (κ2) is 31.6. The summed E-state index contributed by atoms with van der Waals surface area (Å²) >= 11 is 0. The summed E-state index contributed by atoms with van der Waals surface area (Å²) in [5.74, 6) is -12.2. The summed E-state index contributed by atoms with van der Waals surface area (Å²) in [5.41, 5.74) is -1.13. The van der Waals surface area contributed by atoms with Crippen molar-refractivity contribution in [3.8, 4) is 0 Å². The first-order chi connectivity index (χ1) is 38.2. The van der Waals surface area contributed by atoms with Crippen LogP contribution in [0.4, 0.5) is 4.79 Å². The third-order valence-electron chi connectivity index (χ3n) is 10.8. The first-order valence-electron chi connectivity index (χ1n) is 25.1. The molecular weight excluding hydrogens is 1110 g/mol. The number of ether oxygens (including phenoxy) is 17. The molecule has 3 saturated heterocycles. The van der Waals surface area contributed by atoms with Crippen LogP contribution in [0.2, 0.25) is 0 Å². The van der Waals surface area contributed by atoms with Crippen LogP contribution in [0.1, 0.15) is 96.4 Å². The molecule has 3 heterocycles. The normalized spacial score (nSPS) is 28.0. The molecule has 3 rings (SSSR count). The van der Waals surface area contributed by atoms with Crippen LogP contribution >= 0.6 is 0 Å². The Morgan fingerprint density at radius 2 is 0.793 bits per heavy atom. The summed E-state index contributed by atoms with van der Waals surface area (Å²) in [5, 5.41) is 4.62. The minimum absolute atomic E-state index is 0.295. The molecule has 16 atom stereocenters. The van der Waals surface area contributed by atoms with Gasteiger partial charge in [0.1, 0.15) is 43.2 Å². The van der Waals surface area contributed by atoms with Gasteiger partial charge in [0.25, 0.3) is 0 Å². The average molecular weight is 1180 g/mol. The van der Waals surface area contributed by atoms with Crippen LogP contribution < -0.4 is 10.6 Å². The summed E-state index contributed by atoms with van der Waals surface area (Å²) in [6.45, 7) is 14.8. The second-order valence-electron chi connectivity index (χ2n) is 19.2. The Morgan fingerprint density at radius 1 is 0.451 bits per heavy atom. The molecule has 0 spiro atoms. The summed E-state index contributed by atoms with van der Waals surface area (Å²) in [4.78, 5) is 166. The largest absolute Gasteiger partial charge is 0.463 e. The molecule has 32 heteroatoms. The summed E-state index contributed by atoms with van der Waals surface area (Å²) < 4.78 is 95.9. The number of esters is 11. The van der Waals surface area contributed by atoms with Gasteiger partial charge in [0, 0.05) is 69.2 Å². The first-order valence-corrected chi connectivity index (χ1v) is 25.1. The molecule has 0 aromatic carbocycles. The van der Waals surface area contributed by atoms with Crippen LogP contribution in [0, 0.1) is 0 Å². The summed E-state index contributed by atoms with van der Waals surface area (Å²) in [6.07, 6.45) is -28.0. The van der Waals surface area contributed by atoms with Crippen molar-refractivity contribution in [2.24, 2.45) is 0 Å². The van der Waals surface area contributed by atoms with E-state index in [4.69, 9.17) is 80.5 Å². The monoisotopic (exact) mass is 1180 g/mol. The molecule has 0 radical (unpaired) electrons. The molecule has 0 saturated carbocycles. The topological polar surface area (TPSA) is 403 Å². The lowest BCUT2D eigenvalue weighted by atomic mass is 9.96. The molecule has 3 aliphatic rings. The quantitative estimate of drug-likeness (QED) is 0.0683. The highest BCUT2D eigenvalue weighted by atomic mass is 16.8. The van der Waals surface area contributed by atoms with E-state index in [0.29, 0.717) is 0 Å². The van der Waals surface area contributed by atoms with Crippen LogP contribution in [0.3, 0.4) is 0 Å². The standard InChI is InChI=1S/C50H70N2O30/c1-15-16-66-49(65)51-31(46(64)82-50(12,13)14)17-35(63)52-45-42(76-28(9)60)39(73-25(6)57)36(70-22(3)54)32(79-45)19-68-47-44(78-30(11)62)41(75-27(8)59)38(72-24(5)56)34(81-47)20-69-48-43(77-29(10)61)40(74-26(7)58)37(71-23(4)55)33(80-48)18-67-21(2)53/h15,31-34,36-45,47-48H,1,16-20H2,2-14H3,(H,51,65)(H,52,63)/t31-,32+,33+,34+,36+,37+,38+,39-,40-,41-,42+,43+,44+,45+,47+,48-/m0/s1. The third-order valence-corrected chi connectivity index (χ3v) is 10.8. The Morgan fingerprint density at radius 3 is 1.16 bits per heavy atom. The lowest BCUT2D eigenvalue weighted by Crippen LogP contribution is -2.67. The van der Waals surface area contributed by atoms with E-state index in [1.165, 1.54) is 26.8 Å². The van der Waals surface area contributed by atoms with Crippen molar-refractivity contribution in [3.05, 3.63) is 12.7 Å². The molecule has 3 aliphatic heterocycles. The molecule has 32 nitrogen and oxygen atoms in total. The Labute approximate surface area is 469 Å². The zero-order chi connectivity index (χ0) is 61.9. The van der Waals surface area contributed by atoms with Gasteiger partial charge in [0.15, 0.2) is 73.7 Å². The summed E-state index contributed by atoms with van der Waals surface area (Å²) in [7, 11) is 0. The number of carbonyl (C=O) groups is 13. The number of amides is 2. The molecule has 2 N–H and O–H groups in total. The highest BCUT2D eigenvalue weighted by Crippen LogP contribution is 2.35. The van der Waals surface area contributed by atoms with Gasteiger partial charge >= 0.3 is 71.8 Å². The van der Waals surface area contributed by atoms with Crippen molar-refractivity contribution >= 4 is 77.7 Å². The fourth-order valence-electron chi connectivity index (χ4n) is 8.26. The van der Waals surface area contributed by atoms with Crippen molar-refractivity contribution in [1.82, 2.24) is 10.6 Å². The van der Waals surface area contributed by atoms with Gasteiger partial charge in [-0.25, -0.2) is 9.59 Å². The molecule has 0 bridgehead atoms. The van der Waals surface area contributed by atoms with Gasteiger partial charge in [0.2, 0.25) is 5.91 Å². The van der Waals surface area contributed by atoms with E-state index in [9.17, 15) is 62.3 Å². The SMILES string of the molecule is C=CCOC(=O)N[C@@H](CC(=O)N[C@@H]1O[C@H](CO[C@@H]2O[C@H](CO[C@H]3O[C@H](COC(C)=O)[C@@H](OC(C)=O)[C@H](OC(C)=O)[C@H]3OC(C)=O)[C@@H](OC(C)=O)[C@H](OC(C)=O)[C@H]2OC(C)=O)[C@@H](OC(C)=O)[C@H](OC(C)=O)[C@H]1OC(C)=O)C(=O)OC(C)(C)C. The van der Waals surface area contributed by atoms with Crippen molar-refractivity contribution in [3.63, 3.8) is 0 Å². The van der Waals surface area contributed by atoms with Crippen molar-refractivity contribution in [2.45, 2.75) is 200 Å². The van der Waals surface area contributed by atoms with E-state index < -0.39 is 208 Å². The lowest BCUT2D eigenvalue weighted by molar-refractivity contribution is -0.339. The van der Waals surface area contributed by atoms with E-state index in [-0.39, 0.29) is 6.61 Å². The fourth-order valence-corrected chi connectivity index (χ4v) is 8.26.